The molecule has 4 atom stereocenters. The Bertz CT molecular complexity index is 3250. The third-order valence-electron chi connectivity index (χ3n) is 13.4. The number of aryl methyl sites for hydroxylation is 2. The molecule has 0 radical (unpaired) electrons. The van der Waals surface area contributed by atoms with Gasteiger partial charge in [-0.25, -0.2) is 49.7 Å². The van der Waals surface area contributed by atoms with Crippen molar-refractivity contribution in [2.75, 3.05) is 37.0 Å². The van der Waals surface area contributed by atoms with E-state index in [0.29, 0.717) is 67.4 Å². The zero-order valence-corrected chi connectivity index (χ0v) is 44.8. The maximum absolute atomic E-state index is 13.4. The second kappa shape index (κ2) is 20.4. The molecule has 6 aromatic rings. The summed E-state index contributed by atoms with van der Waals surface area (Å²) < 4.78 is 68.6. The summed E-state index contributed by atoms with van der Waals surface area (Å²) in [6.07, 6.45) is 7.64. The summed E-state index contributed by atoms with van der Waals surface area (Å²) in [7, 11) is -7.56. The third-order valence-corrected chi connectivity index (χ3v) is 16.8. The molecule has 3 amide bonds. The van der Waals surface area contributed by atoms with Crippen LogP contribution in [0.1, 0.15) is 102 Å². The molecule has 3 aliphatic rings. The largest absolute Gasteiger partial charge is 0.444 e. The molecule has 0 bridgehead atoms. The van der Waals surface area contributed by atoms with Crippen molar-refractivity contribution in [3.8, 4) is 0 Å². The van der Waals surface area contributed by atoms with Crippen molar-refractivity contribution >= 4 is 60.6 Å². The van der Waals surface area contributed by atoms with Crippen molar-refractivity contribution in [2.45, 2.75) is 122 Å². The summed E-state index contributed by atoms with van der Waals surface area (Å²) in [6, 6.07) is 15.2. The molecule has 19 nitrogen and oxygen atoms in total. The van der Waals surface area contributed by atoms with Gasteiger partial charge in [-0.2, -0.15) is 0 Å². The number of nitrogens with zero attached hydrogens (tertiary/aromatic N) is 9. The molecular formula is C52H66N10O9S2. The summed E-state index contributed by atoms with van der Waals surface area (Å²) in [4.78, 5) is 60.2. The zero-order chi connectivity index (χ0) is 52.8. The number of fused-ring (bicyclic) bond motifs is 4. The normalized spacial score (nSPS) is 19.6. The predicted molar refractivity (Wildman–Crippen MR) is 275 cm³/mol. The van der Waals surface area contributed by atoms with E-state index in [4.69, 9.17) is 14.5 Å². The molecule has 3 aliphatic heterocycles. The molecule has 1 N–H and O–H groups in total. The molecular weight excluding hydrogens is 973 g/mol. The van der Waals surface area contributed by atoms with Crippen molar-refractivity contribution in [3.05, 3.63) is 108 Å². The number of likely N-dealkylation sites (tertiary alicyclic amines) is 2. The Morgan fingerprint density at radius 2 is 1.26 bits per heavy atom. The van der Waals surface area contributed by atoms with Gasteiger partial charge in [0.05, 0.1) is 63.3 Å². The number of anilines is 1. The van der Waals surface area contributed by atoms with Crippen molar-refractivity contribution in [3.63, 3.8) is 0 Å². The SMILES string of the molecule is Cc1ccc(S(=O)(=O)N2CCc3nc(CNC(=O)[C@H]4CN(C(=O)OC(C)(C)C)CC[C@H]4C)cnc32)cc1.Cc1ccc(S(=O)(=O)n2ccc3c2ncc2cnc([C@H]4CN(C(=O)OC(C)(C)C)CC[C@H]4C)n23)cc1. The van der Waals surface area contributed by atoms with Crippen LogP contribution in [0.4, 0.5) is 15.4 Å². The van der Waals surface area contributed by atoms with Gasteiger partial charge in [-0.3, -0.25) is 14.2 Å². The second-order valence-electron chi connectivity index (χ2n) is 21.4. The number of nitrogens with one attached hydrogen (secondary N) is 1. The first-order chi connectivity index (χ1) is 34.3. The molecule has 4 aromatic heterocycles. The first kappa shape index (κ1) is 52.7. The Morgan fingerprint density at radius 3 is 1.86 bits per heavy atom. The Balaban J connectivity index is 0.000000195. The smallest absolute Gasteiger partial charge is 0.410 e. The van der Waals surface area contributed by atoms with Crippen molar-refractivity contribution in [2.24, 2.45) is 17.8 Å². The van der Waals surface area contributed by atoms with Crippen LogP contribution in [-0.4, -0.2) is 117 Å². The highest BCUT2D eigenvalue weighted by atomic mass is 32.2. The minimum absolute atomic E-state index is 0.0450. The number of hydrogen-bond acceptors (Lipinski definition) is 13. The third kappa shape index (κ3) is 11.5. The zero-order valence-electron chi connectivity index (χ0n) is 43.2. The van der Waals surface area contributed by atoms with Gasteiger partial charge in [-0.1, -0.05) is 49.2 Å². The van der Waals surface area contributed by atoms with E-state index in [2.05, 4.69) is 27.2 Å². The van der Waals surface area contributed by atoms with Crippen molar-refractivity contribution in [1.29, 1.82) is 0 Å². The minimum atomic E-state index is -3.83. The fourth-order valence-corrected chi connectivity index (χ4v) is 12.0. The van der Waals surface area contributed by atoms with E-state index in [1.807, 2.05) is 66.7 Å². The number of rotatable bonds is 8. The Hall–Kier alpha value is -6.61. The maximum atomic E-state index is 13.4. The molecule has 73 heavy (non-hydrogen) atoms. The lowest BCUT2D eigenvalue weighted by Crippen LogP contribution is -2.49. The maximum Gasteiger partial charge on any atom is 0.410 e. The average molecular weight is 1040 g/mol. The van der Waals surface area contributed by atoms with Gasteiger partial charge in [-0.05, 0) is 110 Å². The second-order valence-corrected chi connectivity index (χ2v) is 25.0. The first-order valence-electron chi connectivity index (χ1n) is 24.6. The van der Waals surface area contributed by atoms with Crippen LogP contribution < -0.4 is 9.62 Å². The number of aromatic nitrogens is 6. The van der Waals surface area contributed by atoms with Gasteiger partial charge in [-0.15, -0.1) is 0 Å². The molecule has 390 valence electrons. The number of hydrogen-bond donors (Lipinski definition) is 1. The Morgan fingerprint density at radius 1 is 0.699 bits per heavy atom. The first-order valence-corrected chi connectivity index (χ1v) is 27.5. The fourth-order valence-electron chi connectivity index (χ4n) is 9.25. The highest BCUT2D eigenvalue weighted by molar-refractivity contribution is 7.92. The number of imidazole rings is 1. The highest BCUT2D eigenvalue weighted by Gasteiger charge is 2.38. The van der Waals surface area contributed by atoms with Gasteiger partial charge in [0.1, 0.15) is 17.0 Å². The van der Waals surface area contributed by atoms with Gasteiger partial charge < -0.3 is 24.6 Å². The van der Waals surface area contributed by atoms with E-state index in [0.717, 1.165) is 28.9 Å². The summed E-state index contributed by atoms with van der Waals surface area (Å²) in [6.45, 7) is 21.4. The summed E-state index contributed by atoms with van der Waals surface area (Å²) in [5.74, 6) is 0.927. The van der Waals surface area contributed by atoms with E-state index in [-0.39, 0.29) is 58.6 Å². The molecule has 2 saturated heterocycles. The quantitative estimate of drug-likeness (QED) is 0.155. The van der Waals surface area contributed by atoms with E-state index < -0.39 is 37.3 Å². The topological polar surface area (TPSA) is 221 Å². The molecule has 9 rings (SSSR count). The fraction of sp³-hybridized carbons (Fsp3) is 0.481. The lowest BCUT2D eigenvalue weighted by atomic mass is 9.86. The number of ether oxygens (including phenoxy) is 2. The van der Waals surface area contributed by atoms with E-state index in [1.165, 1.54) is 20.7 Å². The van der Waals surface area contributed by atoms with Gasteiger partial charge >= 0.3 is 12.2 Å². The Kier molecular flexibility index (Phi) is 14.7. The van der Waals surface area contributed by atoms with Crippen LogP contribution in [0.15, 0.2) is 89.2 Å². The molecule has 0 spiro atoms. The van der Waals surface area contributed by atoms with E-state index in [9.17, 15) is 31.2 Å². The van der Waals surface area contributed by atoms with Crippen LogP contribution in [0.5, 0.6) is 0 Å². The summed E-state index contributed by atoms with van der Waals surface area (Å²) in [5, 5.41) is 2.92. The lowest BCUT2D eigenvalue weighted by Gasteiger charge is -2.37. The van der Waals surface area contributed by atoms with Crippen LogP contribution in [-0.2, 0) is 47.3 Å². The van der Waals surface area contributed by atoms with Gasteiger partial charge in [0.15, 0.2) is 11.5 Å². The monoisotopic (exact) mass is 1040 g/mol. The molecule has 0 saturated carbocycles. The van der Waals surface area contributed by atoms with Gasteiger partial charge in [0.2, 0.25) is 5.91 Å². The number of amides is 3. The van der Waals surface area contributed by atoms with Crippen molar-refractivity contribution < 1.29 is 40.7 Å². The molecule has 7 heterocycles. The van der Waals surface area contributed by atoms with Gasteiger partial charge in [0, 0.05) is 51.3 Å². The standard InChI is InChI=1S/C26H35N5O5S.C26H31N5O4S/c1-17-6-8-20(9-7-17)37(34,35)31-13-11-22-23(31)27-14-19(29-22)15-28-24(32)21-16-30(12-10-18(21)2)25(33)36-26(3,4)5;1-17-6-8-20(9-7-17)36(33,34)30-13-11-22-24(30)28-15-19-14-27-23(31(19)22)21-16-29(12-10-18(21)2)25(32)35-26(3,4)5/h6-9,14,18,21H,10-13,15-16H2,1-5H3,(H,28,32);6-9,11,13-15,18,21H,10,12,16H2,1-5H3/t2*18-,21+/m11/s1. The number of carbonyl (C=O) groups excluding carboxylic acids is 3. The number of sulfonamides is 1. The van der Waals surface area contributed by atoms with Crippen LogP contribution >= 0.6 is 0 Å². The molecule has 0 aliphatic carbocycles. The number of piperidine rings is 2. The number of carbonyl (C=O) groups is 3. The van der Waals surface area contributed by atoms with E-state index >= 15 is 0 Å². The minimum Gasteiger partial charge on any atom is -0.444 e. The van der Waals surface area contributed by atoms with Crippen LogP contribution in [0, 0.1) is 31.6 Å². The summed E-state index contributed by atoms with van der Waals surface area (Å²) >= 11 is 0. The molecule has 0 unspecified atom stereocenters. The Labute approximate surface area is 427 Å². The molecule has 2 fully saturated rings. The lowest BCUT2D eigenvalue weighted by molar-refractivity contribution is -0.128. The predicted octanol–water partition coefficient (Wildman–Crippen LogP) is 7.64. The van der Waals surface area contributed by atoms with Crippen LogP contribution in [0.3, 0.4) is 0 Å². The van der Waals surface area contributed by atoms with Crippen molar-refractivity contribution in [1.82, 2.24) is 43.4 Å². The van der Waals surface area contributed by atoms with Crippen LogP contribution in [0.25, 0.3) is 16.7 Å². The van der Waals surface area contributed by atoms with Gasteiger partial charge in [0.25, 0.3) is 20.0 Å². The summed E-state index contributed by atoms with van der Waals surface area (Å²) in [5.41, 5.74) is 3.68. The van der Waals surface area contributed by atoms with E-state index in [1.54, 1.807) is 76.8 Å². The average Bonchev–Trinajstić information content (AvgIpc) is 4.08. The molecule has 21 heteroatoms. The van der Waals surface area contributed by atoms with Crippen LogP contribution in [0.2, 0.25) is 0 Å². The number of benzene rings is 2. The molecule has 2 aromatic carbocycles. The highest BCUT2D eigenvalue weighted by Crippen LogP contribution is 2.35.